The molecule has 2 nitrogen and oxygen atoms in total. The summed E-state index contributed by atoms with van der Waals surface area (Å²) in [5.41, 5.74) is 2.17. The predicted octanol–water partition coefficient (Wildman–Crippen LogP) is 12.1. The largest absolute Gasteiger partial charge is 0.235 e. The zero-order valence-corrected chi connectivity index (χ0v) is 25.1. The maximum atomic E-state index is 4.80. The molecule has 0 atom stereocenters. The van der Waals surface area contributed by atoms with E-state index in [1.54, 1.807) is 11.3 Å². The fraction of sp³-hybridized carbons (Fsp3) is 0. The van der Waals surface area contributed by atoms with E-state index in [1.807, 2.05) is 35.1 Å². The van der Waals surface area contributed by atoms with Crippen molar-refractivity contribution < 1.29 is 0 Å². The van der Waals surface area contributed by atoms with Gasteiger partial charge in [-0.1, -0.05) is 60.7 Å². The molecule has 0 N–H and O–H groups in total. The molecular weight excluding hydrogens is 581 g/mol. The minimum atomic E-state index is 0.773. The SMILES string of the molecule is c1ccc2cc3sc(-c4ncc(-c5ccc6cc7c(cc6c5)sc5c6cc8ccccc8cc6sc75)cn4)cc3cc2c1. The second-order valence-electron chi connectivity index (χ2n) is 11.1. The zero-order valence-electron chi connectivity index (χ0n) is 22.7. The van der Waals surface area contributed by atoms with E-state index in [9.17, 15) is 0 Å². The van der Waals surface area contributed by atoms with Gasteiger partial charge in [-0.3, -0.25) is 0 Å². The van der Waals surface area contributed by atoms with Crippen LogP contribution >= 0.6 is 34.0 Å². The molecular formula is C38H20N2S3. The van der Waals surface area contributed by atoms with Crippen molar-refractivity contribution in [3.8, 4) is 21.8 Å². The monoisotopic (exact) mass is 600 g/mol. The van der Waals surface area contributed by atoms with Crippen LogP contribution in [-0.4, -0.2) is 9.97 Å². The Morgan fingerprint density at radius 1 is 0.395 bits per heavy atom. The van der Waals surface area contributed by atoms with Gasteiger partial charge in [0.05, 0.1) is 14.3 Å². The van der Waals surface area contributed by atoms with Crippen molar-refractivity contribution >= 4 is 106 Å². The number of aromatic nitrogens is 2. The Morgan fingerprint density at radius 3 is 1.63 bits per heavy atom. The van der Waals surface area contributed by atoms with E-state index in [0.29, 0.717) is 0 Å². The number of fused-ring (bicyclic) bond motifs is 9. The molecule has 0 unspecified atom stereocenters. The highest BCUT2D eigenvalue weighted by Gasteiger charge is 2.15. The predicted molar refractivity (Wildman–Crippen MR) is 189 cm³/mol. The Kier molecular flexibility index (Phi) is 4.94. The van der Waals surface area contributed by atoms with Gasteiger partial charge in [0.2, 0.25) is 0 Å². The summed E-state index contributed by atoms with van der Waals surface area (Å²) in [4.78, 5) is 10.7. The Labute approximate surface area is 258 Å². The summed E-state index contributed by atoms with van der Waals surface area (Å²) < 4.78 is 6.76. The lowest BCUT2D eigenvalue weighted by Gasteiger charge is -2.05. The average molecular weight is 601 g/mol. The van der Waals surface area contributed by atoms with E-state index >= 15 is 0 Å². The number of benzene rings is 6. The highest BCUT2D eigenvalue weighted by Crippen LogP contribution is 2.46. The van der Waals surface area contributed by atoms with Crippen LogP contribution in [-0.2, 0) is 0 Å². The second-order valence-corrected chi connectivity index (χ2v) is 14.3. The van der Waals surface area contributed by atoms with Crippen LogP contribution in [0.1, 0.15) is 0 Å². The van der Waals surface area contributed by atoms with Crippen molar-refractivity contribution in [2.24, 2.45) is 0 Å². The Hall–Kier alpha value is -4.68. The van der Waals surface area contributed by atoms with E-state index in [0.717, 1.165) is 21.8 Å². The number of nitrogens with zero attached hydrogens (tertiary/aromatic N) is 2. The van der Waals surface area contributed by atoms with Crippen molar-refractivity contribution in [2.75, 3.05) is 0 Å². The molecule has 0 saturated heterocycles. The lowest BCUT2D eigenvalue weighted by atomic mass is 10.0. The maximum absolute atomic E-state index is 4.80. The molecule has 200 valence electrons. The minimum Gasteiger partial charge on any atom is -0.235 e. The summed E-state index contributed by atoms with van der Waals surface area (Å²) in [6, 6.07) is 40.0. The normalized spacial score (nSPS) is 12.2. The summed E-state index contributed by atoms with van der Waals surface area (Å²) in [7, 11) is 0. The minimum absolute atomic E-state index is 0.773. The highest BCUT2D eigenvalue weighted by atomic mass is 32.1. The van der Waals surface area contributed by atoms with Gasteiger partial charge in [-0.15, -0.1) is 34.0 Å². The van der Waals surface area contributed by atoms with E-state index in [1.165, 1.54) is 72.0 Å². The first-order valence-electron chi connectivity index (χ1n) is 14.2. The highest BCUT2D eigenvalue weighted by molar-refractivity contribution is 7.36. The Morgan fingerprint density at radius 2 is 0.953 bits per heavy atom. The van der Waals surface area contributed by atoms with Gasteiger partial charge >= 0.3 is 0 Å². The van der Waals surface area contributed by atoms with Crippen LogP contribution in [0.2, 0.25) is 0 Å². The Balaban J connectivity index is 1.03. The van der Waals surface area contributed by atoms with Crippen molar-refractivity contribution in [1.29, 1.82) is 0 Å². The number of hydrogen-bond acceptors (Lipinski definition) is 5. The Bertz CT molecular complexity index is 2680. The number of rotatable bonds is 2. The molecule has 5 heteroatoms. The molecule has 0 spiro atoms. The molecule has 0 aliphatic carbocycles. The maximum Gasteiger partial charge on any atom is 0.169 e. The van der Waals surface area contributed by atoms with E-state index in [4.69, 9.17) is 9.97 Å². The quantitative estimate of drug-likeness (QED) is 0.197. The van der Waals surface area contributed by atoms with E-state index in [2.05, 4.69) is 109 Å². The molecule has 0 fully saturated rings. The molecule has 6 aromatic carbocycles. The number of thiophene rings is 3. The first-order chi connectivity index (χ1) is 21.2. The molecule has 10 rings (SSSR count). The van der Waals surface area contributed by atoms with Gasteiger partial charge < -0.3 is 0 Å². The summed E-state index contributed by atoms with van der Waals surface area (Å²) in [6.45, 7) is 0. The van der Waals surface area contributed by atoms with E-state index < -0.39 is 0 Å². The molecule has 4 heterocycles. The van der Waals surface area contributed by atoms with Crippen molar-refractivity contribution in [1.82, 2.24) is 9.97 Å². The van der Waals surface area contributed by atoms with Gasteiger partial charge in [-0.25, -0.2) is 9.97 Å². The first-order valence-corrected chi connectivity index (χ1v) is 16.6. The van der Waals surface area contributed by atoms with Gasteiger partial charge in [0.15, 0.2) is 5.82 Å². The molecule has 0 amide bonds. The topological polar surface area (TPSA) is 25.8 Å². The average Bonchev–Trinajstić information content (AvgIpc) is 3.73. The van der Waals surface area contributed by atoms with Crippen molar-refractivity contribution in [2.45, 2.75) is 0 Å². The molecule has 43 heavy (non-hydrogen) atoms. The first kappa shape index (κ1) is 23.8. The standard InChI is InChI=1S/C38H20N2S3/c1-3-7-23-15-32-28(12-21(23)5-1)18-35(41-32)38-39-19-29(20-40-38)25-9-10-26-14-31-34(17-27(26)11-25)43-36-30-13-22-6-2-4-8-24(22)16-33(30)42-37(31)36/h1-20H. The van der Waals surface area contributed by atoms with Gasteiger partial charge in [0.25, 0.3) is 0 Å². The van der Waals surface area contributed by atoms with Crippen LogP contribution in [0.15, 0.2) is 122 Å². The third-order valence-electron chi connectivity index (χ3n) is 8.50. The molecule has 0 radical (unpaired) electrons. The third-order valence-corrected chi connectivity index (χ3v) is 12.1. The van der Waals surface area contributed by atoms with Gasteiger partial charge in [0.1, 0.15) is 0 Å². The molecule has 0 saturated carbocycles. The molecule has 0 bridgehead atoms. The summed E-state index contributed by atoms with van der Waals surface area (Å²) in [5, 5.41) is 11.6. The van der Waals surface area contributed by atoms with E-state index in [-0.39, 0.29) is 0 Å². The summed E-state index contributed by atoms with van der Waals surface area (Å²) in [6.07, 6.45) is 3.92. The lowest BCUT2D eigenvalue weighted by Crippen LogP contribution is -1.88. The van der Waals surface area contributed by atoms with Gasteiger partial charge in [-0.2, -0.15) is 0 Å². The second kappa shape index (κ2) is 8.91. The molecule has 4 aromatic heterocycles. The van der Waals surface area contributed by atoms with Crippen LogP contribution in [0.3, 0.4) is 0 Å². The number of hydrogen-bond donors (Lipinski definition) is 0. The smallest absolute Gasteiger partial charge is 0.169 e. The summed E-state index contributed by atoms with van der Waals surface area (Å²) >= 11 is 5.58. The van der Waals surface area contributed by atoms with Crippen LogP contribution in [0.25, 0.3) is 93.8 Å². The molecule has 0 aliphatic rings. The third kappa shape index (κ3) is 3.69. The molecule has 0 aliphatic heterocycles. The van der Waals surface area contributed by atoms with Crippen LogP contribution in [0, 0.1) is 0 Å². The molecule has 10 aromatic rings. The van der Waals surface area contributed by atoms with Crippen molar-refractivity contribution in [3.63, 3.8) is 0 Å². The van der Waals surface area contributed by atoms with Gasteiger partial charge in [0, 0.05) is 42.8 Å². The van der Waals surface area contributed by atoms with Crippen LogP contribution in [0.5, 0.6) is 0 Å². The van der Waals surface area contributed by atoms with Crippen molar-refractivity contribution in [3.05, 3.63) is 122 Å². The van der Waals surface area contributed by atoms with Gasteiger partial charge in [-0.05, 0) is 91.8 Å². The summed E-state index contributed by atoms with van der Waals surface area (Å²) in [5.74, 6) is 0.773. The zero-order chi connectivity index (χ0) is 28.1. The van der Waals surface area contributed by atoms with Crippen LogP contribution < -0.4 is 0 Å². The van der Waals surface area contributed by atoms with Crippen LogP contribution in [0.4, 0.5) is 0 Å². The fourth-order valence-electron chi connectivity index (χ4n) is 6.31. The fourth-order valence-corrected chi connectivity index (χ4v) is 10.0. The lowest BCUT2D eigenvalue weighted by molar-refractivity contribution is 1.19.